The van der Waals surface area contributed by atoms with Crippen LogP contribution in [0.1, 0.15) is 15.9 Å². The summed E-state index contributed by atoms with van der Waals surface area (Å²) in [4.78, 5) is 15.2. The average molecular weight is 311 g/mol. The van der Waals surface area contributed by atoms with Crippen LogP contribution in [0.4, 0.5) is 4.39 Å². The highest BCUT2D eigenvalue weighted by molar-refractivity contribution is 6.06. The van der Waals surface area contributed by atoms with Crippen molar-refractivity contribution in [2.75, 3.05) is 0 Å². The van der Waals surface area contributed by atoms with E-state index in [2.05, 4.69) is 22.4 Å². The number of aromatic hydroxyl groups is 1. The lowest BCUT2D eigenvalue weighted by atomic mass is 10.1. The molecule has 1 heterocycles. The summed E-state index contributed by atoms with van der Waals surface area (Å²) in [6.45, 7) is 3.68. The molecule has 3 aromatic rings. The first-order chi connectivity index (χ1) is 11.1. The van der Waals surface area contributed by atoms with Gasteiger partial charge in [0.25, 0.3) is 5.91 Å². The van der Waals surface area contributed by atoms with Crippen LogP contribution < -0.4 is 10.9 Å². The summed E-state index contributed by atoms with van der Waals surface area (Å²) in [5.74, 6) is -1.02. The number of halogens is 1. The highest BCUT2D eigenvalue weighted by Gasteiger charge is 2.12. The quantitative estimate of drug-likeness (QED) is 0.560. The number of aromatic nitrogens is 1. The Labute approximate surface area is 131 Å². The Morgan fingerprint density at radius 1 is 1.13 bits per heavy atom. The fourth-order valence-electron chi connectivity index (χ4n) is 2.28. The van der Waals surface area contributed by atoms with Crippen molar-refractivity contribution in [1.82, 2.24) is 15.8 Å². The molecule has 0 saturated heterocycles. The number of H-pyrrole nitrogens is 1. The van der Waals surface area contributed by atoms with E-state index >= 15 is 0 Å². The molecule has 0 fully saturated rings. The first kappa shape index (κ1) is 14.6. The minimum Gasteiger partial charge on any atom is -0.507 e. The SMILES string of the molecule is C=C(NNC(=O)c1c[nH]c2ccccc12)c1cc(F)ccc1O. The molecule has 0 aliphatic carbocycles. The van der Waals surface area contributed by atoms with Crippen molar-refractivity contribution in [3.05, 3.63) is 72.2 Å². The number of fused-ring (bicyclic) bond motifs is 1. The van der Waals surface area contributed by atoms with Gasteiger partial charge < -0.3 is 10.1 Å². The molecule has 0 radical (unpaired) electrons. The summed E-state index contributed by atoms with van der Waals surface area (Å²) in [7, 11) is 0. The van der Waals surface area contributed by atoms with E-state index in [0.29, 0.717) is 5.56 Å². The Kier molecular flexibility index (Phi) is 3.72. The van der Waals surface area contributed by atoms with E-state index in [9.17, 15) is 14.3 Å². The molecular weight excluding hydrogens is 297 g/mol. The van der Waals surface area contributed by atoms with Crippen LogP contribution in [0.25, 0.3) is 16.6 Å². The van der Waals surface area contributed by atoms with Crippen LogP contribution in [-0.4, -0.2) is 16.0 Å². The minimum absolute atomic E-state index is 0.134. The van der Waals surface area contributed by atoms with Gasteiger partial charge in [-0.1, -0.05) is 24.8 Å². The minimum atomic E-state index is -0.510. The maximum Gasteiger partial charge on any atom is 0.271 e. The smallest absolute Gasteiger partial charge is 0.271 e. The number of hydrogen-bond acceptors (Lipinski definition) is 3. The van der Waals surface area contributed by atoms with Crippen LogP contribution in [0, 0.1) is 5.82 Å². The lowest BCUT2D eigenvalue weighted by molar-refractivity contribution is 0.0944. The van der Waals surface area contributed by atoms with E-state index in [1.165, 1.54) is 6.07 Å². The number of hydrogen-bond donors (Lipinski definition) is 4. The Morgan fingerprint density at radius 2 is 1.91 bits per heavy atom. The standard InChI is InChI=1S/C17H14FN3O2/c1-10(13-8-11(18)6-7-16(13)22)20-21-17(23)14-9-19-15-5-3-2-4-12(14)15/h2-9,19-20,22H,1H2,(H,21,23). The molecule has 5 nitrogen and oxygen atoms in total. The van der Waals surface area contributed by atoms with Gasteiger partial charge in [0.15, 0.2) is 0 Å². The topological polar surface area (TPSA) is 77.1 Å². The van der Waals surface area contributed by atoms with Crippen LogP contribution in [0.5, 0.6) is 5.75 Å². The van der Waals surface area contributed by atoms with Crippen molar-refractivity contribution >= 4 is 22.5 Å². The van der Waals surface area contributed by atoms with Crippen molar-refractivity contribution in [3.63, 3.8) is 0 Å². The number of phenolic OH excluding ortho intramolecular Hbond substituents is 1. The van der Waals surface area contributed by atoms with Gasteiger partial charge in [0.1, 0.15) is 11.6 Å². The highest BCUT2D eigenvalue weighted by atomic mass is 19.1. The van der Waals surface area contributed by atoms with Gasteiger partial charge in [-0.3, -0.25) is 15.6 Å². The maximum absolute atomic E-state index is 13.2. The molecule has 1 amide bonds. The second-order valence-corrected chi connectivity index (χ2v) is 4.97. The predicted molar refractivity (Wildman–Crippen MR) is 86.0 cm³/mol. The number of carbonyl (C=O) groups is 1. The van der Waals surface area contributed by atoms with Crippen LogP contribution in [-0.2, 0) is 0 Å². The Balaban J connectivity index is 1.74. The van der Waals surface area contributed by atoms with Crippen LogP contribution >= 0.6 is 0 Å². The average Bonchev–Trinajstić information content (AvgIpc) is 2.98. The molecule has 0 unspecified atom stereocenters. The maximum atomic E-state index is 13.2. The zero-order chi connectivity index (χ0) is 16.4. The van der Waals surface area contributed by atoms with Gasteiger partial charge in [0, 0.05) is 22.7 Å². The lowest BCUT2D eigenvalue weighted by Gasteiger charge is -2.12. The number of nitrogens with one attached hydrogen (secondary N) is 3. The largest absolute Gasteiger partial charge is 0.507 e. The van der Waals surface area contributed by atoms with Crippen molar-refractivity contribution in [1.29, 1.82) is 0 Å². The van der Waals surface area contributed by atoms with Gasteiger partial charge in [0.05, 0.1) is 11.3 Å². The first-order valence-electron chi connectivity index (χ1n) is 6.86. The Hall–Kier alpha value is -3.28. The van der Waals surface area contributed by atoms with Crippen LogP contribution in [0.3, 0.4) is 0 Å². The molecule has 0 aliphatic rings. The zero-order valence-corrected chi connectivity index (χ0v) is 12.1. The highest BCUT2D eigenvalue weighted by Crippen LogP contribution is 2.23. The monoisotopic (exact) mass is 311 g/mol. The number of amides is 1. The van der Waals surface area contributed by atoms with Crippen molar-refractivity contribution < 1.29 is 14.3 Å². The summed E-state index contributed by atoms with van der Waals surface area (Å²) in [5, 5.41) is 10.5. The Bertz CT molecular complexity index is 902. The Morgan fingerprint density at radius 3 is 2.74 bits per heavy atom. The van der Waals surface area contributed by atoms with E-state index in [1.54, 1.807) is 6.20 Å². The zero-order valence-electron chi connectivity index (χ0n) is 12.1. The van der Waals surface area contributed by atoms with Crippen LogP contribution in [0.15, 0.2) is 55.2 Å². The number of para-hydroxylation sites is 1. The molecule has 116 valence electrons. The molecule has 6 heteroatoms. The normalized spacial score (nSPS) is 10.5. The fourth-order valence-corrected chi connectivity index (χ4v) is 2.28. The van der Waals surface area contributed by atoms with Crippen molar-refractivity contribution in [3.8, 4) is 5.75 Å². The number of carbonyl (C=O) groups excluding carboxylic acids is 1. The van der Waals surface area contributed by atoms with Gasteiger partial charge in [0.2, 0.25) is 0 Å². The molecule has 3 rings (SSSR count). The number of phenols is 1. The van der Waals surface area contributed by atoms with Gasteiger partial charge >= 0.3 is 0 Å². The van der Waals surface area contributed by atoms with Crippen LogP contribution in [0.2, 0.25) is 0 Å². The van der Waals surface area contributed by atoms with E-state index in [0.717, 1.165) is 23.0 Å². The third-order valence-electron chi connectivity index (χ3n) is 3.44. The van der Waals surface area contributed by atoms with Crippen molar-refractivity contribution in [2.45, 2.75) is 0 Å². The fraction of sp³-hybridized carbons (Fsp3) is 0. The molecular formula is C17H14FN3O2. The third-order valence-corrected chi connectivity index (χ3v) is 3.44. The summed E-state index contributed by atoms with van der Waals surface area (Å²) in [5.41, 5.74) is 6.72. The molecule has 0 bridgehead atoms. The number of aromatic amines is 1. The summed E-state index contributed by atoms with van der Waals surface area (Å²) in [6.07, 6.45) is 1.60. The molecule has 0 saturated carbocycles. The summed E-state index contributed by atoms with van der Waals surface area (Å²) >= 11 is 0. The van der Waals surface area contributed by atoms with E-state index in [1.807, 2.05) is 24.3 Å². The number of hydrazine groups is 1. The third kappa shape index (κ3) is 2.87. The first-order valence-corrected chi connectivity index (χ1v) is 6.86. The van der Waals surface area contributed by atoms with E-state index < -0.39 is 5.82 Å². The second-order valence-electron chi connectivity index (χ2n) is 4.97. The molecule has 2 aromatic carbocycles. The second kappa shape index (κ2) is 5.84. The van der Waals surface area contributed by atoms with Gasteiger partial charge in [-0.25, -0.2) is 4.39 Å². The molecule has 4 N–H and O–H groups in total. The summed E-state index contributed by atoms with van der Waals surface area (Å²) < 4.78 is 13.2. The molecule has 0 aliphatic heterocycles. The van der Waals surface area contributed by atoms with Crippen molar-refractivity contribution in [2.24, 2.45) is 0 Å². The van der Waals surface area contributed by atoms with Gasteiger partial charge in [-0.2, -0.15) is 0 Å². The lowest BCUT2D eigenvalue weighted by Crippen LogP contribution is -2.35. The molecule has 23 heavy (non-hydrogen) atoms. The van der Waals surface area contributed by atoms with E-state index in [4.69, 9.17) is 0 Å². The summed E-state index contributed by atoms with van der Waals surface area (Å²) in [6, 6.07) is 10.9. The van der Waals surface area contributed by atoms with Gasteiger partial charge in [-0.05, 0) is 24.3 Å². The number of rotatable bonds is 4. The molecule has 0 spiro atoms. The van der Waals surface area contributed by atoms with Gasteiger partial charge in [-0.15, -0.1) is 0 Å². The molecule has 0 atom stereocenters. The molecule has 1 aromatic heterocycles. The number of benzene rings is 2. The van der Waals surface area contributed by atoms with E-state index in [-0.39, 0.29) is 22.9 Å². The predicted octanol–water partition coefficient (Wildman–Crippen LogP) is 2.92.